The largest absolute Gasteiger partial charge is 0.481 e. The van der Waals surface area contributed by atoms with E-state index in [2.05, 4.69) is 5.32 Å². The van der Waals surface area contributed by atoms with E-state index < -0.39 is 5.97 Å². The summed E-state index contributed by atoms with van der Waals surface area (Å²) in [5, 5.41) is 12.3. The van der Waals surface area contributed by atoms with Crippen molar-refractivity contribution < 1.29 is 14.7 Å². The van der Waals surface area contributed by atoms with Gasteiger partial charge in [-0.25, -0.2) is 0 Å². The Morgan fingerprint density at radius 2 is 1.95 bits per heavy atom. The third-order valence-corrected chi connectivity index (χ3v) is 4.08. The molecule has 0 saturated heterocycles. The minimum atomic E-state index is -0.697. The number of hydrogen-bond donors (Lipinski definition) is 2. The fourth-order valence-corrected chi connectivity index (χ4v) is 2.55. The summed E-state index contributed by atoms with van der Waals surface area (Å²) >= 11 is 0. The van der Waals surface area contributed by atoms with Gasteiger partial charge in [-0.15, -0.1) is 0 Å². The van der Waals surface area contributed by atoms with Crippen LogP contribution in [-0.2, 0) is 9.59 Å². The van der Waals surface area contributed by atoms with Crippen LogP contribution < -0.4 is 5.32 Å². The molecule has 0 heterocycles. The molecule has 5 nitrogen and oxygen atoms in total. The van der Waals surface area contributed by atoms with Gasteiger partial charge in [-0.05, 0) is 39.2 Å². The van der Waals surface area contributed by atoms with Crippen LogP contribution in [-0.4, -0.2) is 48.1 Å². The predicted molar refractivity (Wildman–Crippen MR) is 73.9 cm³/mol. The lowest BCUT2D eigenvalue weighted by molar-refractivity contribution is -0.144. The second-order valence-corrected chi connectivity index (χ2v) is 5.72. The molecule has 0 aromatic heterocycles. The number of carbonyl (C=O) groups is 2. The molecule has 0 radical (unpaired) electrons. The molecule has 0 aromatic carbocycles. The zero-order valence-corrected chi connectivity index (χ0v) is 12.2. The Morgan fingerprint density at radius 1 is 1.32 bits per heavy atom. The van der Waals surface area contributed by atoms with Crippen LogP contribution in [0.2, 0.25) is 0 Å². The van der Waals surface area contributed by atoms with Gasteiger partial charge in [0.2, 0.25) is 5.91 Å². The van der Waals surface area contributed by atoms with Gasteiger partial charge < -0.3 is 15.3 Å². The maximum absolute atomic E-state index is 11.8. The van der Waals surface area contributed by atoms with Crippen molar-refractivity contribution in [3.05, 3.63) is 0 Å². The van der Waals surface area contributed by atoms with Gasteiger partial charge in [0.1, 0.15) is 0 Å². The summed E-state index contributed by atoms with van der Waals surface area (Å²) in [4.78, 5) is 24.6. The molecule has 0 spiro atoms. The minimum Gasteiger partial charge on any atom is -0.481 e. The highest BCUT2D eigenvalue weighted by Gasteiger charge is 2.30. The zero-order chi connectivity index (χ0) is 14.4. The van der Waals surface area contributed by atoms with Gasteiger partial charge in [-0.2, -0.15) is 0 Å². The molecule has 1 amide bonds. The van der Waals surface area contributed by atoms with Gasteiger partial charge in [0, 0.05) is 13.1 Å². The minimum absolute atomic E-state index is 0.0534. The number of nitrogens with one attached hydrogen (secondary N) is 1. The molecule has 1 saturated carbocycles. The smallest absolute Gasteiger partial charge is 0.306 e. The molecule has 1 aliphatic rings. The van der Waals surface area contributed by atoms with E-state index in [4.69, 9.17) is 0 Å². The number of aliphatic carboxylic acids is 1. The zero-order valence-electron chi connectivity index (χ0n) is 12.2. The third-order valence-electron chi connectivity index (χ3n) is 4.08. The Kier molecular flexibility index (Phi) is 6.28. The molecule has 0 aliphatic heterocycles. The highest BCUT2D eigenvalue weighted by Crippen LogP contribution is 2.29. The van der Waals surface area contributed by atoms with Gasteiger partial charge in [-0.1, -0.05) is 12.8 Å². The Balaban J connectivity index is 2.35. The van der Waals surface area contributed by atoms with Crippen molar-refractivity contribution in [2.24, 2.45) is 11.8 Å². The van der Waals surface area contributed by atoms with E-state index in [-0.39, 0.29) is 30.3 Å². The third kappa shape index (κ3) is 4.82. The topological polar surface area (TPSA) is 69.6 Å². The molecule has 5 heteroatoms. The average molecular weight is 270 g/mol. The van der Waals surface area contributed by atoms with Crippen LogP contribution in [0.3, 0.4) is 0 Å². The molecule has 1 fully saturated rings. The Labute approximate surface area is 115 Å². The van der Waals surface area contributed by atoms with Crippen molar-refractivity contribution in [2.75, 3.05) is 20.1 Å². The molecule has 0 bridgehead atoms. The standard InChI is InChI=1S/C14H26N2O3/c1-10(2)16(3)13(17)9-15-8-11-6-4-5-7-12(11)14(18)19/h10-12,15H,4-9H2,1-3H3,(H,18,19). The van der Waals surface area contributed by atoms with Gasteiger partial charge >= 0.3 is 5.97 Å². The van der Waals surface area contributed by atoms with Crippen molar-refractivity contribution in [2.45, 2.75) is 45.6 Å². The van der Waals surface area contributed by atoms with Crippen molar-refractivity contribution in [3.8, 4) is 0 Å². The molecule has 2 N–H and O–H groups in total. The van der Waals surface area contributed by atoms with Gasteiger partial charge in [0.25, 0.3) is 0 Å². The molecule has 1 rings (SSSR count). The summed E-state index contributed by atoms with van der Waals surface area (Å²) in [6.45, 7) is 4.85. The van der Waals surface area contributed by atoms with Gasteiger partial charge in [-0.3, -0.25) is 9.59 Å². The first-order valence-electron chi connectivity index (χ1n) is 7.12. The lowest BCUT2D eigenvalue weighted by atomic mass is 9.79. The normalized spacial score (nSPS) is 23.4. The maximum Gasteiger partial charge on any atom is 0.306 e. The number of amides is 1. The number of carboxylic acids is 1. The molecular weight excluding hydrogens is 244 g/mol. The molecule has 1 aliphatic carbocycles. The van der Waals surface area contributed by atoms with Crippen molar-refractivity contribution >= 4 is 11.9 Å². The summed E-state index contributed by atoms with van der Waals surface area (Å²) in [5.41, 5.74) is 0. The molecule has 2 atom stereocenters. The van der Waals surface area contributed by atoms with Crippen LogP contribution in [0.25, 0.3) is 0 Å². The Hall–Kier alpha value is -1.10. The predicted octanol–water partition coefficient (Wildman–Crippen LogP) is 1.33. The summed E-state index contributed by atoms with van der Waals surface area (Å²) in [7, 11) is 1.79. The van der Waals surface area contributed by atoms with E-state index >= 15 is 0 Å². The lowest BCUT2D eigenvalue weighted by Gasteiger charge is -2.29. The first-order chi connectivity index (χ1) is 8.93. The maximum atomic E-state index is 11.8. The highest BCUT2D eigenvalue weighted by atomic mass is 16.4. The first kappa shape index (κ1) is 16.0. The second kappa shape index (κ2) is 7.48. The van der Waals surface area contributed by atoms with E-state index in [1.54, 1.807) is 11.9 Å². The number of likely N-dealkylation sites (N-methyl/N-ethyl adjacent to an activating group) is 1. The second-order valence-electron chi connectivity index (χ2n) is 5.72. The van der Waals surface area contributed by atoms with E-state index in [9.17, 15) is 14.7 Å². The summed E-state index contributed by atoms with van der Waals surface area (Å²) < 4.78 is 0. The van der Waals surface area contributed by atoms with Crippen LogP contribution in [0.15, 0.2) is 0 Å². The summed E-state index contributed by atoms with van der Waals surface area (Å²) in [5.74, 6) is -0.739. The fraction of sp³-hybridized carbons (Fsp3) is 0.857. The highest BCUT2D eigenvalue weighted by molar-refractivity contribution is 5.78. The summed E-state index contributed by atoms with van der Waals surface area (Å²) in [6.07, 6.45) is 3.80. The summed E-state index contributed by atoms with van der Waals surface area (Å²) in [6, 6.07) is 0.191. The number of carbonyl (C=O) groups excluding carboxylic acids is 1. The van der Waals surface area contributed by atoms with Crippen LogP contribution in [0, 0.1) is 11.8 Å². The molecule has 110 valence electrons. The van der Waals surface area contributed by atoms with Gasteiger partial charge in [0.15, 0.2) is 0 Å². The van der Waals surface area contributed by atoms with E-state index in [0.29, 0.717) is 6.54 Å². The fourth-order valence-electron chi connectivity index (χ4n) is 2.55. The molecule has 2 unspecified atom stereocenters. The molecular formula is C14H26N2O3. The molecule has 0 aromatic rings. The quantitative estimate of drug-likeness (QED) is 0.764. The van der Waals surface area contributed by atoms with Crippen LogP contribution >= 0.6 is 0 Å². The number of rotatable bonds is 6. The SMILES string of the molecule is CC(C)N(C)C(=O)CNCC1CCCCC1C(=O)O. The van der Waals surface area contributed by atoms with Gasteiger partial charge in [0.05, 0.1) is 12.5 Å². The molecule has 19 heavy (non-hydrogen) atoms. The Bertz CT molecular complexity index is 318. The van der Waals surface area contributed by atoms with Crippen molar-refractivity contribution in [1.82, 2.24) is 10.2 Å². The van der Waals surface area contributed by atoms with Crippen LogP contribution in [0.1, 0.15) is 39.5 Å². The van der Waals surface area contributed by atoms with Crippen molar-refractivity contribution in [1.29, 1.82) is 0 Å². The van der Waals surface area contributed by atoms with E-state index in [0.717, 1.165) is 25.7 Å². The first-order valence-corrected chi connectivity index (χ1v) is 7.12. The average Bonchev–Trinajstić information content (AvgIpc) is 2.37. The lowest BCUT2D eigenvalue weighted by Crippen LogP contribution is -2.42. The van der Waals surface area contributed by atoms with Crippen LogP contribution in [0.5, 0.6) is 0 Å². The number of nitrogens with zero attached hydrogens (tertiary/aromatic N) is 1. The van der Waals surface area contributed by atoms with E-state index in [1.165, 1.54) is 0 Å². The Morgan fingerprint density at radius 3 is 2.53 bits per heavy atom. The number of hydrogen-bond acceptors (Lipinski definition) is 3. The number of carboxylic acid groups (broad SMARTS) is 1. The van der Waals surface area contributed by atoms with Crippen LogP contribution in [0.4, 0.5) is 0 Å². The van der Waals surface area contributed by atoms with Crippen molar-refractivity contribution in [3.63, 3.8) is 0 Å². The van der Waals surface area contributed by atoms with E-state index in [1.807, 2.05) is 13.8 Å². The monoisotopic (exact) mass is 270 g/mol.